The van der Waals surface area contributed by atoms with Gasteiger partial charge in [0.05, 0.1) is 12.6 Å². The average molecular weight is 244 g/mol. The Morgan fingerprint density at radius 3 is 2.24 bits per heavy atom. The zero-order valence-corrected chi connectivity index (χ0v) is 10.4. The quantitative estimate of drug-likeness (QED) is 0.476. The maximum atomic E-state index is 11.5. The summed E-state index contributed by atoms with van der Waals surface area (Å²) < 4.78 is 0. The third-order valence-electron chi connectivity index (χ3n) is 1.91. The summed E-state index contributed by atoms with van der Waals surface area (Å²) in [6, 6.07) is -1.42. The van der Waals surface area contributed by atoms with Crippen molar-refractivity contribution in [3.63, 3.8) is 0 Å². The molecule has 0 aliphatic carbocycles. The first-order chi connectivity index (χ1) is 7.82. The Labute approximate surface area is 100 Å². The Bertz CT molecular complexity index is 291. The van der Waals surface area contributed by atoms with Gasteiger partial charge in [0.1, 0.15) is 0 Å². The number of amides is 4. The number of nitrogens with two attached hydrogens (primary N) is 1. The van der Waals surface area contributed by atoms with Crippen LogP contribution in [0.4, 0.5) is 4.79 Å². The molecule has 5 N–H and O–H groups in total. The van der Waals surface area contributed by atoms with Crippen molar-refractivity contribution in [2.45, 2.75) is 26.8 Å². The molecule has 0 aromatic carbocycles. The topological polar surface area (TPSA) is 113 Å². The molecule has 7 heteroatoms. The zero-order valence-electron chi connectivity index (χ0n) is 10.4. The van der Waals surface area contributed by atoms with Gasteiger partial charge >= 0.3 is 6.03 Å². The van der Waals surface area contributed by atoms with Gasteiger partial charge in [0.25, 0.3) is 0 Å². The highest BCUT2D eigenvalue weighted by molar-refractivity contribution is 5.94. The smallest absolute Gasteiger partial charge is 0.318 e. The van der Waals surface area contributed by atoms with Crippen LogP contribution in [0.1, 0.15) is 20.8 Å². The van der Waals surface area contributed by atoms with E-state index in [1.165, 1.54) is 0 Å². The molecule has 0 aromatic heterocycles. The average Bonchev–Trinajstić information content (AvgIpc) is 2.21. The predicted octanol–water partition coefficient (Wildman–Crippen LogP) is -1.07. The molecule has 0 spiro atoms. The number of carbonyl (C=O) groups excluding carboxylic acids is 3. The molecule has 4 amide bonds. The number of primary amides is 1. The van der Waals surface area contributed by atoms with E-state index in [0.717, 1.165) is 0 Å². The second kappa shape index (κ2) is 7.61. The van der Waals surface area contributed by atoms with Crippen molar-refractivity contribution in [2.75, 3.05) is 13.1 Å². The van der Waals surface area contributed by atoms with Crippen molar-refractivity contribution >= 4 is 17.8 Å². The lowest BCUT2D eigenvalue weighted by Crippen LogP contribution is -2.48. The SMILES string of the molecule is CC(C)CNC(=O)C(C)NCC(=O)NC(N)=O. The van der Waals surface area contributed by atoms with Crippen LogP contribution < -0.4 is 21.7 Å². The van der Waals surface area contributed by atoms with E-state index in [1.54, 1.807) is 6.92 Å². The van der Waals surface area contributed by atoms with Crippen molar-refractivity contribution in [2.24, 2.45) is 11.7 Å². The summed E-state index contributed by atoms with van der Waals surface area (Å²) in [6.07, 6.45) is 0. The Morgan fingerprint density at radius 2 is 1.76 bits per heavy atom. The molecule has 0 rings (SSSR count). The van der Waals surface area contributed by atoms with Gasteiger partial charge in [-0.3, -0.25) is 20.2 Å². The summed E-state index contributed by atoms with van der Waals surface area (Å²) in [6.45, 7) is 6.04. The molecular formula is C10H20N4O3. The van der Waals surface area contributed by atoms with Crippen molar-refractivity contribution in [1.29, 1.82) is 0 Å². The van der Waals surface area contributed by atoms with Gasteiger partial charge in [-0.1, -0.05) is 13.8 Å². The highest BCUT2D eigenvalue weighted by atomic mass is 16.2. The first kappa shape index (κ1) is 15.4. The number of carbonyl (C=O) groups is 3. The Balaban J connectivity index is 3.84. The number of imide groups is 1. The van der Waals surface area contributed by atoms with E-state index < -0.39 is 18.0 Å². The Kier molecular flexibility index (Phi) is 6.88. The summed E-state index contributed by atoms with van der Waals surface area (Å²) in [7, 11) is 0. The molecule has 0 saturated carbocycles. The summed E-state index contributed by atoms with van der Waals surface area (Å²) >= 11 is 0. The third-order valence-corrected chi connectivity index (χ3v) is 1.91. The largest absolute Gasteiger partial charge is 0.354 e. The molecule has 0 heterocycles. The second-order valence-electron chi connectivity index (χ2n) is 4.15. The molecule has 0 aliphatic rings. The molecule has 0 fully saturated rings. The second-order valence-corrected chi connectivity index (χ2v) is 4.15. The Morgan fingerprint density at radius 1 is 1.18 bits per heavy atom. The van der Waals surface area contributed by atoms with Crippen LogP contribution in [0.25, 0.3) is 0 Å². The summed E-state index contributed by atoms with van der Waals surface area (Å²) in [5, 5.41) is 7.29. The fourth-order valence-corrected chi connectivity index (χ4v) is 0.978. The Hall–Kier alpha value is -1.63. The maximum Gasteiger partial charge on any atom is 0.318 e. The minimum Gasteiger partial charge on any atom is -0.354 e. The van der Waals surface area contributed by atoms with E-state index >= 15 is 0 Å². The monoisotopic (exact) mass is 244 g/mol. The van der Waals surface area contributed by atoms with E-state index in [0.29, 0.717) is 12.5 Å². The van der Waals surface area contributed by atoms with Gasteiger partial charge in [-0.05, 0) is 12.8 Å². The molecule has 17 heavy (non-hydrogen) atoms. The van der Waals surface area contributed by atoms with E-state index in [1.807, 2.05) is 19.2 Å². The van der Waals surface area contributed by atoms with Gasteiger partial charge in [0, 0.05) is 6.54 Å². The van der Waals surface area contributed by atoms with Gasteiger partial charge in [-0.25, -0.2) is 4.79 Å². The lowest BCUT2D eigenvalue weighted by Gasteiger charge is -2.14. The van der Waals surface area contributed by atoms with Gasteiger partial charge < -0.3 is 11.1 Å². The summed E-state index contributed by atoms with van der Waals surface area (Å²) in [4.78, 5) is 32.9. The van der Waals surface area contributed by atoms with E-state index in [-0.39, 0.29) is 12.5 Å². The van der Waals surface area contributed by atoms with E-state index in [9.17, 15) is 14.4 Å². The first-order valence-corrected chi connectivity index (χ1v) is 5.43. The van der Waals surface area contributed by atoms with Crippen molar-refractivity contribution in [3.8, 4) is 0 Å². The van der Waals surface area contributed by atoms with Crippen LogP contribution >= 0.6 is 0 Å². The van der Waals surface area contributed by atoms with E-state index in [4.69, 9.17) is 5.73 Å². The fraction of sp³-hybridized carbons (Fsp3) is 0.700. The van der Waals surface area contributed by atoms with Gasteiger partial charge in [0.15, 0.2) is 0 Å². The predicted molar refractivity (Wildman–Crippen MR) is 63.0 cm³/mol. The van der Waals surface area contributed by atoms with Crippen LogP contribution in [0.2, 0.25) is 0 Å². The molecule has 1 atom stereocenters. The summed E-state index contributed by atoms with van der Waals surface area (Å²) in [5.41, 5.74) is 4.76. The number of rotatable bonds is 6. The number of urea groups is 1. The molecule has 0 aliphatic heterocycles. The van der Waals surface area contributed by atoms with Crippen molar-refractivity contribution in [3.05, 3.63) is 0 Å². The molecular weight excluding hydrogens is 224 g/mol. The van der Waals surface area contributed by atoms with Gasteiger partial charge in [-0.2, -0.15) is 0 Å². The lowest BCUT2D eigenvalue weighted by atomic mass is 10.2. The summed E-state index contributed by atoms with van der Waals surface area (Å²) in [5.74, 6) is -0.393. The molecule has 0 aromatic rings. The van der Waals surface area contributed by atoms with Crippen LogP contribution in [0.5, 0.6) is 0 Å². The molecule has 98 valence electrons. The molecule has 0 saturated heterocycles. The van der Waals surface area contributed by atoms with Gasteiger partial charge in [0.2, 0.25) is 11.8 Å². The maximum absolute atomic E-state index is 11.5. The number of hydrogen-bond acceptors (Lipinski definition) is 4. The minimum absolute atomic E-state index is 0.140. The number of hydrogen-bond donors (Lipinski definition) is 4. The normalized spacial score (nSPS) is 12.0. The van der Waals surface area contributed by atoms with Crippen LogP contribution in [0.15, 0.2) is 0 Å². The number of nitrogens with one attached hydrogen (secondary N) is 3. The van der Waals surface area contributed by atoms with Crippen molar-refractivity contribution in [1.82, 2.24) is 16.0 Å². The molecule has 0 radical (unpaired) electrons. The lowest BCUT2D eigenvalue weighted by molar-refractivity contribution is -0.123. The highest BCUT2D eigenvalue weighted by Crippen LogP contribution is 1.88. The van der Waals surface area contributed by atoms with Crippen molar-refractivity contribution < 1.29 is 14.4 Å². The molecule has 7 nitrogen and oxygen atoms in total. The van der Waals surface area contributed by atoms with Gasteiger partial charge in [-0.15, -0.1) is 0 Å². The van der Waals surface area contributed by atoms with Crippen LogP contribution in [-0.4, -0.2) is 37.0 Å². The van der Waals surface area contributed by atoms with Crippen LogP contribution in [0, 0.1) is 5.92 Å². The third kappa shape index (κ3) is 8.21. The zero-order chi connectivity index (χ0) is 13.4. The fourth-order valence-electron chi connectivity index (χ4n) is 0.978. The standard InChI is InChI=1S/C10H20N4O3/c1-6(2)4-13-9(16)7(3)12-5-8(15)14-10(11)17/h6-7,12H,4-5H2,1-3H3,(H,13,16)(H3,11,14,15,17). The van der Waals surface area contributed by atoms with Crippen LogP contribution in [-0.2, 0) is 9.59 Å². The minimum atomic E-state index is -0.909. The molecule has 1 unspecified atom stereocenters. The first-order valence-electron chi connectivity index (χ1n) is 5.43. The highest BCUT2D eigenvalue weighted by Gasteiger charge is 2.13. The van der Waals surface area contributed by atoms with E-state index in [2.05, 4.69) is 10.6 Å². The van der Waals surface area contributed by atoms with Crippen LogP contribution in [0.3, 0.4) is 0 Å². The molecule has 0 bridgehead atoms.